The lowest BCUT2D eigenvalue weighted by Gasteiger charge is -2.22. The van der Waals surface area contributed by atoms with Gasteiger partial charge >= 0.3 is 6.09 Å². The van der Waals surface area contributed by atoms with E-state index in [1.54, 1.807) is 12.1 Å². The number of halogens is 1. The van der Waals surface area contributed by atoms with Crippen LogP contribution in [-0.2, 0) is 24.2 Å². The van der Waals surface area contributed by atoms with Crippen molar-refractivity contribution in [1.82, 2.24) is 19.6 Å². The molecule has 6 nitrogen and oxygen atoms in total. The Morgan fingerprint density at radius 3 is 2.74 bits per heavy atom. The van der Waals surface area contributed by atoms with Crippen LogP contribution in [0.2, 0.25) is 0 Å². The first-order valence-electron chi connectivity index (χ1n) is 9.50. The Balaban J connectivity index is 1.37. The fraction of sp³-hybridized carbons (Fsp3) is 0.500. The Labute approximate surface area is 158 Å². The average Bonchev–Trinajstić information content (AvgIpc) is 3.28. The Bertz CT molecular complexity index is 820. The highest BCUT2D eigenvalue weighted by Crippen LogP contribution is 2.28. The number of hydrogen-bond donors (Lipinski definition) is 0. The van der Waals surface area contributed by atoms with E-state index in [-0.39, 0.29) is 24.1 Å². The van der Waals surface area contributed by atoms with Crippen molar-refractivity contribution in [3.05, 3.63) is 53.1 Å². The number of amides is 1. The number of likely N-dealkylation sites (tertiary alicyclic amines) is 1. The summed E-state index contributed by atoms with van der Waals surface area (Å²) in [5.41, 5.74) is 3.44. The van der Waals surface area contributed by atoms with Gasteiger partial charge in [0.15, 0.2) is 0 Å². The first-order valence-corrected chi connectivity index (χ1v) is 9.50. The molecule has 0 saturated carbocycles. The van der Waals surface area contributed by atoms with Gasteiger partial charge in [-0.3, -0.25) is 14.5 Å². The third-order valence-electron chi connectivity index (χ3n) is 5.65. The summed E-state index contributed by atoms with van der Waals surface area (Å²) >= 11 is 0. The number of ether oxygens (including phenoxy) is 1. The normalized spacial score (nSPS) is 22.3. The van der Waals surface area contributed by atoms with E-state index < -0.39 is 0 Å². The van der Waals surface area contributed by atoms with Crippen LogP contribution < -0.4 is 0 Å². The van der Waals surface area contributed by atoms with Crippen LogP contribution in [0, 0.1) is 12.7 Å². The predicted octanol–water partition coefficient (Wildman–Crippen LogP) is 2.60. The molecule has 2 aromatic rings. The monoisotopic (exact) mass is 372 g/mol. The lowest BCUT2D eigenvalue weighted by Crippen LogP contribution is -2.39. The van der Waals surface area contributed by atoms with Gasteiger partial charge in [-0.15, -0.1) is 0 Å². The second-order valence-corrected chi connectivity index (χ2v) is 7.32. The fourth-order valence-electron chi connectivity index (χ4n) is 4.07. The smallest absolute Gasteiger partial charge is 0.410 e. The minimum absolute atomic E-state index is 0.0766. The topological polar surface area (TPSA) is 50.6 Å². The van der Waals surface area contributed by atoms with Crippen molar-refractivity contribution in [2.45, 2.75) is 45.5 Å². The molecule has 2 atom stereocenters. The molecule has 2 fully saturated rings. The van der Waals surface area contributed by atoms with E-state index in [0.29, 0.717) is 13.0 Å². The molecule has 1 aromatic carbocycles. The van der Waals surface area contributed by atoms with Crippen LogP contribution >= 0.6 is 0 Å². The van der Waals surface area contributed by atoms with Crippen LogP contribution in [0.4, 0.5) is 9.18 Å². The maximum absolute atomic E-state index is 13.0. The lowest BCUT2D eigenvalue weighted by atomic mass is 10.1. The van der Waals surface area contributed by atoms with Crippen molar-refractivity contribution in [3.63, 3.8) is 0 Å². The van der Waals surface area contributed by atoms with Crippen molar-refractivity contribution < 1.29 is 13.9 Å². The number of aromatic nitrogens is 2. The number of benzene rings is 1. The van der Waals surface area contributed by atoms with E-state index in [0.717, 1.165) is 31.7 Å². The maximum atomic E-state index is 13.0. The van der Waals surface area contributed by atoms with Crippen LogP contribution in [-0.4, -0.2) is 57.5 Å². The molecule has 4 rings (SSSR count). The Kier molecular flexibility index (Phi) is 4.86. The second kappa shape index (κ2) is 7.31. The molecular weight excluding hydrogens is 347 g/mol. The molecule has 144 valence electrons. The van der Waals surface area contributed by atoms with Gasteiger partial charge in [-0.05, 0) is 38.0 Å². The van der Waals surface area contributed by atoms with Crippen molar-refractivity contribution in [2.24, 2.45) is 0 Å². The number of nitrogens with zero attached hydrogens (tertiary/aromatic N) is 4. The molecule has 0 aliphatic carbocycles. The van der Waals surface area contributed by atoms with E-state index in [1.807, 2.05) is 15.8 Å². The molecule has 1 amide bonds. The lowest BCUT2D eigenvalue weighted by molar-refractivity contribution is 0.120. The van der Waals surface area contributed by atoms with Crippen molar-refractivity contribution >= 4 is 6.09 Å². The molecule has 0 radical (unpaired) electrons. The molecule has 0 unspecified atom stereocenters. The minimum atomic E-state index is -0.243. The van der Waals surface area contributed by atoms with Gasteiger partial charge in [0.25, 0.3) is 0 Å². The third kappa shape index (κ3) is 3.56. The summed E-state index contributed by atoms with van der Waals surface area (Å²) in [4.78, 5) is 16.4. The predicted molar refractivity (Wildman–Crippen MR) is 98.8 cm³/mol. The summed E-state index contributed by atoms with van der Waals surface area (Å²) in [5.74, 6) is -0.243. The van der Waals surface area contributed by atoms with E-state index in [2.05, 4.69) is 23.8 Å². The summed E-state index contributed by atoms with van der Waals surface area (Å²) < 4.78 is 20.6. The average molecular weight is 372 g/mol. The largest absolute Gasteiger partial charge is 0.442 e. The zero-order chi connectivity index (χ0) is 19.0. The molecule has 1 aromatic heterocycles. The molecule has 3 heterocycles. The highest BCUT2D eigenvalue weighted by Gasteiger charge is 2.47. The van der Waals surface area contributed by atoms with Crippen LogP contribution in [0.1, 0.15) is 23.7 Å². The number of rotatable bonds is 6. The summed E-state index contributed by atoms with van der Waals surface area (Å²) in [5, 5.41) is 4.41. The molecule has 0 bridgehead atoms. The van der Waals surface area contributed by atoms with E-state index in [9.17, 15) is 9.18 Å². The zero-order valence-electron chi connectivity index (χ0n) is 15.8. The van der Waals surface area contributed by atoms with Crippen molar-refractivity contribution in [2.75, 3.05) is 19.6 Å². The van der Waals surface area contributed by atoms with Gasteiger partial charge in [-0.25, -0.2) is 9.18 Å². The first kappa shape index (κ1) is 18.0. The van der Waals surface area contributed by atoms with Gasteiger partial charge in [0, 0.05) is 44.0 Å². The summed E-state index contributed by atoms with van der Waals surface area (Å²) in [6.45, 7) is 8.01. The highest BCUT2D eigenvalue weighted by molar-refractivity contribution is 5.71. The number of fused-ring (bicyclic) bond motifs is 1. The summed E-state index contributed by atoms with van der Waals surface area (Å²) in [7, 11) is 0. The minimum Gasteiger partial charge on any atom is -0.442 e. The first-order chi connectivity index (χ1) is 13.0. The van der Waals surface area contributed by atoms with Gasteiger partial charge < -0.3 is 4.74 Å². The number of hydrogen-bond acceptors (Lipinski definition) is 4. The third-order valence-corrected chi connectivity index (χ3v) is 5.65. The zero-order valence-corrected chi connectivity index (χ0v) is 15.8. The summed E-state index contributed by atoms with van der Waals surface area (Å²) in [6.07, 6.45) is 2.32. The van der Waals surface area contributed by atoms with Crippen LogP contribution in [0.15, 0.2) is 30.5 Å². The van der Waals surface area contributed by atoms with Gasteiger partial charge in [-0.2, -0.15) is 5.10 Å². The molecule has 2 saturated heterocycles. The van der Waals surface area contributed by atoms with Crippen LogP contribution in [0.3, 0.4) is 0 Å². The van der Waals surface area contributed by atoms with Gasteiger partial charge in [-0.1, -0.05) is 12.1 Å². The van der Waals surface area contributed by atoms with Crippen molar-refractivity contribution in [3.8, 4) is 0 Å². The Morgan fingerprint density at radius 2 is 2.04 bits per heavy atom. The standard InChI is InChI=1S/C20H25FN4O2/c1-3-25-14(2)16(10-22-25)11-23-12-18-19(13-23)27-20(26)24(18)9-8-15-4-6-17(21)7-5-15/h4-7,10,18-19H,3,8-9,11-13H2,1-2H3/t18-,19+/m0/s1. The summed E-state index contributed by atoms with van der Waals surface area (Å²) in [6, 6.07) is 6.53. The number of carbonyl (C=O) groups excluding carboxylic acids is 1. The number of aryl methyl sites for hydroxylation is 1. The van der Waals surface area contributed by atoms with Crippen LogP contribution in [0.25, 0.3) is 0 Å². The second-order valence-electron chi connectivity index (χ2n) is 7.32. The highest BCUT2D eigenvalue weighted by atomic mass is 19.1. The number of carbonyl (C=O) groups is 1. The van der Waals surface area contributed by atoms with E-state index >= 15 is 0 Å². The molecule has 27 heavy (non-hydrogen) atoms. The van der Waals surface area contributed by atoms with Gasteiger partial charge in [0.05, 0.1) is 12.2 Å². The molecule has 0 N–H and O–H groups in total. The molecular formula is C20H25FN4O2. The van der Waals surface area contributed by atoms with Gasteiger partial charge in [0.1, 0.15) is 11.9 Å². The Hall–Kier alpha value is -2.41. The SMILES string of the molecule is CCn1ncc(CN2C[C@H]3OC(=O)N(CCc4ccc(F)cc4)[C@H]3C2)c1C. The molecule has 2 aliphatic rings. The van der Waals surface area contributed by atoms with Crippen LogP contribution in [0.5, 0.6) is 0 Å². The Morgan fingerprint density at radius 1 is 1.26 bits per heavy atom. The molecule has 0 spiro atoms. The van der Waals surface area contributed by atoms with E-state index in [1.165, 1.54) is 23.4 Å². The van der Waals surface area contributed by atoms with Gasteiger partial charge in [0.2, 0.25) is 0 Å². The maximum Gasteiger partial charge on any atom is 0.410 e. The molecule has 7 heteroatoms. The quantitative estimate of drug-likeness (QED) is 0.782. The van der Waals surface area contributed by atoms with Crippen molar-refractivity contribution in [1.29, 1.82) is 0 Å². The molecule has 2 aliphatic heterocycles. The van der Waals surface area contributed by atoms with E-state index in [4.69, 9.17) is 4.74 Å². The fourth-order valence-corrected chi connectivity index (χ4v) is 4.07.